The van der Waals surface area contributed by atoms with Crippen molar-refractivity contribution in [2.24, 2.45) is 5.41 Å². The quantitative estimate of drug-likeness (QED) is 0.795. The average molecular weight is 344 g/mol. The number of carbonyl (C=O) groups excluding carboxylic acids is 1. The lowest BCUT2D eigenvalue weighted by Crippen LogP contribution is -2.52. The fourth-order valence-electron chi connectivity index (χ4n) is 4.40. The molecular weight excluding hydrogens is 312 g/mol. The second kappa shape index (κ2) is 8.33. The van der Waals surface area contributed by atoms with Gasteiger partial charge in [0.15, 0.2) is 0 Å². The Morgan fingerprint density at radius 3 is 2.52 bits per heavy atom. The van der Waals surface area contributed by atoms with Crippen molar-refractivity contribution < 1.29 is 9.53 Å². The summed E-state index contributed by atoms with van der Waals surface area (Å²) in [5.74, 6) is 0.307. The Balaban J connectivity index is 1.56. The topological polar surface area (TPSA) is 32.8 Å². The number of carbonyl (C=O) groups is 1. The van der Waals surface area contributed by atoms with Crippen molar-refractivity contribution in [3.8, 4) is 0 Å². The number of hydrogen-bond acceptors (Lipinski definition) is 3. The molecule has 0 aliphatic carbocycles. The van der Waals surface area contributed by atoms with Gasteiger partial charge in [0.25, 0.3) is 0 Å². The van der Waals surface area contributed by atoms with Gasteiger partial charge in [0.2, 0.25) is 5.91 Å². The van der Waals surface area contributed by atoms with Crippen LogP contribution in [0.2, 0.25) is 0 Å². The molecule has 0 atom stereocenters. The third-order valence-electron chi connectivity index (χ3n) is 6.12. The fourth-order valence-corrected chi connectivity index (χ4v) is 4.40. The Labute approximate surface area is 152 Å². The first-order valence-corrected chi connectivity index (χ1v) is 9.72. The molecule has 4 nitrogen and oxygen atoms in total. The second-order valence-corrected chi connectivity index (χ2v) is 7.71. The summed E-state index contributed by atoms with van der Waals surface area (Å²) in [6, 6.07) is 8.82. The van der Waals surface area contributed by atoms with Crippen molar-refractivity contribution in [3.05, 3.63) is 35.4 Å². The summed E-state index contributed by atoms with van der Waals surface area (Å²) in [4.78, 5) is 16.8. The highest BCUT2D eigenvalue weighted by atomic mass is 16.5. The van der Waals surface area contributed by atoms with Crippen LogP contribution in [0, 0.1) is 5.41 Å². The van der Waals surface area contributed by atoms with E-state index in [0.717, 1.165) is 45.6 Å². The number of methoxy groups -OCH3 is 1. The lowest BCUT2D eigenvalue weighted by molar-refractivity contribution is -0.139. The minimum absolute atomic E-state index is 0.307. The van der Waals surface area contributed by atoms with Crippen LogP contribution in [0.3, 0.4) is 0 Å². The Kier molecular flexibility index (Phi) is 6.13. The summed E-state index contributed by atoms with van der Waals surface area (Å²) < 4.78 is 5.17. The molecule has 4 heteroatoms. The summed E-state index contributed by atoms with van der Waals surface area (Å²) in [6.45, 7) is 7.89. The molecule has 2 saturated heterocycles. The molecule has 0 bridgehead atoms. The molecule has 2 aliphatic heterocycles. The molecule has 1 aromatic carbocycles. The van der Waals surface area contributed by atoms with Gasteiger partial charge in [0.05, 0.1) is 6.61 Å². The highest BCUT2D eigenvalue weighted by molar-refractivity contribution is 5.77. The van der Waals surface area contributed by atoms with Gasteiger partial charge in [-0.2, -0.15) is 0 Å². The van der Waals surface area contributed by atoms with E-state index < -0.39 is 0 Å². The molecule has 1 aromatic rings. The van der Waals surface area contributed by atoms with Crippen LogP contribution in [-0.4, -0.2) is 55.6 Å². The van der Waals surface area contributed by atoms with Gasteiger partial charge in [0.1, 0.15) is 0 Å². The van der Waals surface area contributed by atoms with Crippen LogP contribution in [-0.2, 0) is 22.5 Å². The van der Waals surface area contributed by atoms with Gasteiger partial charge in [-0.15, -0.1) is 0 Å². The van der Waals surface area contributed by atoms with E-state index in [1.807, 2.05) is 4.90 Å². The van der Waals surface area contributed by atoms with Crippen molar-refractivity contribution >= 4 is 5.91 Å². The molecule has 138 valence electrons. The number of hydrogen-bond donors (Lipinski definition) is 0. The van der Waals surface area contributed by atoms with E-state index >= 15 is 0 Å². The molecule has 2 aliphatic rings. The van der Waals surface area contributed by atoms with E-state index in [-0.39, 0.29) is 0 Å². The summed E-state index contributed by atoms with van der Waals surface area (Å²) in [6.07, 6.45) is 5.29. The van der Waals surface area contributed by atoms with E-state index in [0.29, 0.717) is 24.3 Å². The first kappa shape index (κ1) is 18.4. The Hall–Kier alpha value is -1.39. The van der Waals surface area contributed by atoms with E-state index in [1.165, 1.54) is 24.0 Å². The third-order valence-corrected chi connectivity index (χ3v) is 6.12. The van der Waals surface area contributed by atoms with Gasteiger partial charge in [-0.3, -0.25) is 9.69 Å². The Morgan fingerprint density at radius 1 is 1.12 bits per heavy atom. The summed E-state index contributed by atoms with van der Waals surface area (Å²) in [7, 11) is 1.71. The molecule has 0 unspecified atom stereocenters. The van der Waals surface area contributed by atoms with Gasteiger partial charge in [-0.05, 0) is 55.3 Å². The van der Waals surface area contributed by atoms with Crippen molar-refractivity contribution in [2.75, 3.05) is 39.9 Å². The molecule has 25 heavy (non-hydrogen) atoms. The smallest absolute Gasteiger partial charge is 0.222 e. The van der Waals surface area contributed by atoms with Crippen molar-refractivity contribution in [1.29, 1.82) is 0 Å². The molecule has 1 spiro atoms. The van der Waals surface area contributed by atoms with Crippen LogP contribution < -0.4 is 0 Å². The molecule has 2 fully saturated rings. The largest absolute Gasteiger partial charge is 0.383 e. The maximum atomic E-state index is 12.2. The van der Waals surface area contributed by atoms with Crippen LogP contribution in [0.15, 0.2) is 24.3 Å². The van der Waals surface area contributed by atoms with E-state index in [2.05, 4.69) is 36.1 Å². The molecule has 0 saturated carbocycles. The van der Waals surface area contributed by atoms with Crippen molar-refractivity contribution in [3.63, 3.8) is 0 Å². The van der Waals surface area contributed by atoms with Gasteiger partial charge in [-0.1, -0.05) is 31.2 Å². The predicted molar refractivity (Wildman–Crippen MR) is 100 cm³/mol. The second-order valence-electron chi connectivity index (χ2n) is 7.71. The number of nitrogens with zero attached hydrogens (tertiary/aromatic N) is 2. The lowest BCUT2D eigenvalue weighted by Gasteiger charge is -2.47. The third kappa shape index (κ3) is 4.42. The zero-order valence-corrected chi connectivity index (χ0v) is 15.8. The highest BCUT2D eigenvalue weighted by Gasteiger charge is 2.40. The first-order chi connectivity index (χ1) is 12.2. The molecule has 0 N–H and O–H groups in total. The molecular formula is C21H32N2O2. The first-order valence-electron chi connectivity index (χ1n) is 9.72. The van der Waals surface area contributed by atoms with Crippen LogP contribution in [0.25, 0.3) is 0 Å². The van der Waals surface area contributed by atoms with Gasteiger partial charge in [-0.25, -0.2) is 0 Å². The van der Waals surface area contributed by atoms with Gasteiger partial charge in [0, 0.05) is 33.2 Å². The maximum absolute atomic E-state index is 12.2. The highest BCUT2D eigenvalue weighted by Crippen LogP contribution is 2.40. The summed E-state index contributed by atoms with van der Waals surface area (Å²) >= 11 is 0. The minimum Gasteiger partial charge on any atom is -0.383 e. The summed E-state index contributed by atoms with van der Waals surface area (Å²) in [5.41, 5.74) is 3.28. The molecule has 1 amide bonds. The molecule has 0 radical (unpaired) electrons. The summed E-state index contributed by atoms with van der Waals surface area (Å²) in [5, 5.41) is 0. The Bertz CT molecular complexity index is 579. The van der Waals surface area contributed by atoms with E-state index in [1.54, 1.807) is 7.11 Å². The van der Waals surface area contributed by atoms with E-state index in [4.69, 9.17) is 4.74 Å². The molecule has 0 aromatic heterocycles. The van der Waals surface area contributed by atoms with Crippen molar-refractivity contribution in [2.45, 2.75) is 45.6 Å². The van der Waals surface area contributed by atoms with Crippen LogP contribution >= 0.6 is 0 Å². The normalized spacial score (nSPS) is 21.0. The van der Waals surface area contributed by atoms with Gasteiger partial charge >= 0.3 is 0 Å². The SMILES string of the molecule is CCc1ccccc1CN1CCC2(CCC(=O)N(CCOC)C2)CC1. The van der Waals surface area contributed by atoms with Crippen LogP contribution in [0.4, 0.5) is 0 Å². The predicted octanol–water partition coefficient (Wildman–Crippen LogP) is 3.10. The number of likely N-dealkylation sites (tertiary alicyclic amines) is 2. The zero-order chi connectivity index (χ0) is 17.7. The fraction of sp³-hybridized carbons (Fsp3) is 0.667. The van der Waals surface area contributed by atoms with Crippen molar-refractivity contribution in [1.82, 2.24) is 9.80 Å². The van der Waals surface area contributed by atoms with Crippen LogP contribution in [0.5, 0.6) is 0 Å². The van der Waals surface area contributed by atoms with Gasteiger partial charge < -0.3 is 9.64 Å². The monoisotopic (exact) mass is 344 g/mol. The number of aryl methyl sites for hydroxylation is 1. The zero-order valence-electron chi connectivity index (χ0n) is 15.8. The maximum Gasteiger partial charge on any atom is 0.222 e. The van der Waals surface area contributed by atoms with E-state index in [9.17, 15) is 4.79 Å². The number of benzene rings is 1. The average Bonchev–Trinajstić information content (AvgIpc) is 2.65. The van der Waals surface area contributed by atoms with Crippen LogP contribution in [0.1, 0.15) is 43.7 Å². The number of piperidine rings is 2. The minimum atomic E-state index is 0.307. The number of amides is 1. The lowest BCUT2D eigenvalue weighted by atomic mass is 9.72. The number of ether oxygens (including phenoxy) is 1. The molecule has 3 rings (SSSR count). The Morgan fingerprint density at radius 2 is 1.84 bits per heavy atom. The standard InChI is InChI=1S/C21H32N2O2/c1-3-18-6-4-5-7-19(18)16-22-12-10-21(11-13-22)9-8-20(24)23(17-21)14-15-25-2/h4-7H,3,8-17H2,1-2H3. The number of rotatable bonds is 6. The molecule has 2 heterocycles.